The van der Waals surface area contributed by atoms with Crippen molar-refractivity contribution in [1.82, 2.24) is 4.72 Å². The lowest BCUT2D eigenvalue weighted by molar-refractivity contribution is -0.140. The van der Waals surface area contributed by atoms with Crippen molar-refractivity contribution in [3.8, 4) is 11.1 Å². The van der Waals surface area contributed by atoms with E-state index in [1.54, 1.807) is 82.3 Å². The van der Waals surface area contributed by atoms with Crippen molar-refractivity contribution in [2.24, 2.45) is 5.92 Å². The summed E-state index contributed by atoms with van der Waals surface area (Å²) < 4.78 is 59.6. The largest absolute Gasteiger partial charge is 0.480 e. The Morgan fingerprint density at radius 3 is 2.05 bits per heavy atom. The number of aliphatic carboxylic acids is 1. The summed E-state index contributed by atoms with van der Waals surface area (Å²) in [7, 11) is -6.11. The van der Waals surface area contributed by atoms with Crippen molar-refractivity contribution < 1.29 is 35.9 Å². The van der Waals surface area contributed by atoms with Gasteiger partial charge in [0.2, 0.25) is 20.0 Å². The van der Waals surface area contributed by atoms with Gasteiger partial charge in [0.25, 0.3) is 5.91 Å². The molecule has 4 aromatic rings. The molecule has 1 heterocycles. The Bertz CT molecular complexity index is 1880. The number of nitrogens with one attached hydrogen (secondary N) is 2. The molecule has 3 aromatic carbocycles. The number of anilines is 2. The first-order valence-electron chi connectivity index (χ1n) is 13.4. The molecule has 0 saturated heterocycles. The maximum absolute atomic E-state index is 13.1. The number of rotatable bonds is 11. The normalized spacial score (nSPS) is 12.8. The average Bonchev–Trinajstić information content (AvgIpc) is 3.32. The zero-order valence-corrected chi connectivity index (χ0v) is 25.9. The van der Waals surface area contributed by atoms with E-state index in [0.29, 0.717) is 33.5 Å². The van der Waals surface area contributed by atoms with Crippen LogP contribution in [0.15, 0.2) is 76.0 Å². The van der Waals surface area contributed by atoms with Gasteiger partial charge in [-0.25, -0.2) is 16.8 Å². The highest BCUT2D eigenvalue weighted by molar-refractivity contribution is 7.92. The molecular weight excluding hydrogens is 594 g/mol. The number of benzene rings is 3. The van der Waals surface area contributed by atoms with Gasteiger partial charge in [-0.3, -0.25) is 13.9 Å². The maximum atomic E-state index is 13.1. The molecule has 0 spiro atoms. The first-order valence-corrected chi connectivity index (χ1v) is 16.5. The molecule has 43 heavy (non-hydrogen) atoms. The summed E-state index contributed by atoms with van der Waals surface area (Å²) in [6.45, 7) is 6.49. The van der Waals surface area contributed by atoms with E-state index < -0.39 is 43.9 Å². The van der Waals surface area contributed by atoms with Gasteiger partial charge in [-0.15, -0.1) is 0 Å². The highest BCUT2D eigenvalue weighted by Gasteiger charge is 2.28. The molecule has 1 amide bonds. The van der Waals surface area contributed by atoms with Gasteiger partial charge < -0.3 is 14.8 Å². The summed E-state index contributed by atoms with van der Waals surface area (Å²) in [6, 6.07) is 16.6. The second-order valence-electron chi connectivity index (χ2n) is 10.3. The SMILES string of the molecule is CCS(=O)(=O)N(C)c1cccc2oc(C(=O)Nc3ccc(-c4ccc(S(=O)(=O)N[C@H](C(=O)O)C(C)C)cc4)cc3)c(C)c12. The molecule has 0 fully saturated rings. The monoisotopic (exact) mass is 627 g/mol. The van der Waals surface area contributed by atoms with Crippen LogP contribution in [0.1, 0.15) is 36.9 Å². The fourth-order valence-electron chi connectivity index (χ4n) is 4.57. The zero-order chi connectivity index (χ0) is 31.7. The Balaban J connectivity index is 1.52. The summed E-state index contributed by atoms with van der Waals surface area (Å²) in [4.78, 5) is 24.5. The minimum atomic E-state index is -4.04. The van der Waals surface area contributed by atoms with Crippen molar-refractivity contribution in [3.63, 3.8) is 0 Å². The van der Waals surface area contributed by atoms with Crippen LogP contribution in [0.3, 0.4) is 0 Å². The molecule has 0 bridgehead atoms. The fraction of sp³-hybridized carbons (Fsp3) is 0.267. The summed E-state index contributed by atoms with van der Waals surface area (Å²) in [5.74, 6) is -2.22. The number of amides is 1. The van der Waals surface area contributed by atoms with E-state index in [1.165, 1.54) is 23.5 Å². The second kappa shape index (κ2) is 12.2. The van der Waals surface area contributed by atoms with E-state index in [1.807, 2.05) is 0 Å². The second-order valence-corrected chi connectivity index (χ2v) is 14.3. The molecule has 0 saturated carbocycles. The van der Waals surface area contributed by atoms with E-state index in [2.05, 4.69) is 10.0 Å². The van der Waals surface area contributed by atoms with Crippen LogP contribution in [0.2, 0.25) is 0 Å². The molecule has 13 heteroatoms. The Morgan fingerprint density at radius 1 is 0.930 bits per heavy atom. The molecule has 0 unspecified atom stereocenters. The summed E-state index contributed by atoms with van der Waals surface area (Å²) in [5, 5.41) is 12.6. The molecule has 0 aliphatic heterocycles. The number of furan rings is 1. The molecule has 0 radical (unpaired) electrons. The van der Waals surface area contributed by atoms with E-state index in [-0.39, 0.29) is 16.4 Å². The lowest BCUT2D eigenvalue weighted by Gasteiger charge is -2.19. The molecule has 4 rings (SSSR count). The highest BCUT2D eigenvalue weighted by atomic mass is 32.2. The predicted molar refractivity (Wildman–Crippen MR) is 165 cm³/mol. The number of hydrogen-bond acceptors (Lipinski definition) is 7. The summed E-state index contributed by atoms with van der Waals surface area (Å²) in [6.07, 6.45) is 0. The van der Waals surface area contributed by atoms with Gasteiger partial charge in [-0.05, 0) is 67.3 Å². The average molecular weight is 628 g/mol. The number of carboxylic acid groups (broad SMARTS) is 1. The van der Waals surface area contributed by atoms with Crippen molar-refractivity contribution in [1.29, 1.82) is 0 Å². The molecule has 0 aliphatic carbocycles. The van der Waals surface area contributed by atoms with E-state index >= 15 is 0 Å². The van der Waals surface area contributed by atoms with Gasteiger partial charge in [0.15, 0.2) is 5.76 Å². The van der Waals surface area contributed by atoms with Gasteiger partial charge in [-0.2, -0.15) is 4.72 Å². The topological polar surface area (TPSA) is 163 Å². The molecule has 0 aliphatic rings. The van der Waals surface area contributed by atoms with Gasteiger partial charge in [0.1, 0.15) is 11.6 Å². The highest BCUT2D eigenvalue weighted by Crippen LogP contribution is 2.35. The third-order valence-electron chi connectivity index (χ3n) is 7.11. The van der Waals surface area contributed by atoms with E-state index in [0.717, 1.165) is 5.56 Å². The molecule has 228 valence electrons. The first kappa shape index (κ1) is 31.7. The quantitative estimate of drug-likeness (QED) is 0.213. The summed E-state index contributed by atoms with van der Waals surface area (Å²) in [5.41, 5.74) is 3.26. The number of carbonyl (C=O) groups excluding carboxylic acids is 1. The number of carbonyl (C=O) groups is 2. The minimum Gasteiger partial charge on any atom is -0.480 e. The standard InChI is InChI=1S/C30H33N3O8S2/c1-6-42(37,38)33(5)24-8-7-9-25-26(24)19(4)28(41-25)29(34)31-22-14-10-20(11-15-22)21-12-16-23(17-13-21)43(39,40)32-27(18(2)3)30(35)36/h7-18,27,32H,6H2,1-5H3,(H,31,34)(H,35,36)/t27-/m0/s1. The number of fused-ring (bicyclic) bond motifs is 1. The molecule has 3 N–H and O–H groups in total. The van der Waals surface area contributed by atoms with Crippen molar-refractivity contribution in [2.45, 2.75) is 38.6 Å². The Kier molecular flexibility index (Phi) is 9.00. The fourth-order valence-corrected chi connectivity index (χ4v) is 6.75. The van der Waals surface area contributed by atoms with Crippen LogP contribution in [0.25, 0.3) is 22.1 Å². The number of hydrogen-bond donors (Lipinski definition) is 3. The lowest BCUT2D eigenvalue weighted by Crippen LogP contribution is -2.44. The van der Waals surface area contributed by atoms with Gasteiger partial charge in [0.05, 0.1) is 16.3 Å². The third kappa shape index (κ3) is 6.58. The Hall–Kier alpha value is -4.20. The van der Waals surface area contributed by atoms with Gasteiger partial charge >= 0.3 is 5.97 Å². The Labute approximate surface area is 250 Å². The van der Waals surface area contributed by atoms with Gasteiger partial charge in [-0.1, -0.05) is 44.2 Å². The van der Waals surface area contributed by atoms with Crippen molar-refractivity contribution in [2.75, 3.05) is 22.4 Å². The van der Waals surface area contributed by atoms with Crippen LogP contribution in [0.5, 0.6) is 0 Å². The molecular formula is C30H33N3O8S2. The van der Waals surface area contributed by atoms with Gasteiger partial charge in [0, 0.05) is 23.7 Å². The first-order chi connectivity index (χ1) is 20.2. The van der Waals surface area contributed by atoms with Crippen LogP contribution >= 0.6 is 0 Å². The van der Waals surface area contributed by atoms with E-state index in [4.69, 9.17) is 4.42 Å². The smallest absolute Gasteiger partial charge is 0.322 e. The lowest BCUT2D eigenvalue weighted by atomic mass is 10.1. The van der Waals surface area contributed by atoms with Crippen LogP contribution in [-0.2, 0) is 24.8 Å². The molecule has 1 atom stereocenters. The maximum Gasteiger partial charge on any atom is 0.322 e. The van der Waals surface area contributed by atoms with Crippen LogP contribution in [-0.4, -0.2) is 52.7 Å². The predicted octanol–water partition coefficient (Wildman–Crippen LogP) is 4.83. The van der Waals surface area contributed by atoms with Crippen LogP contribution in [0.4, 0.5) is 11.4 Å². The van der Waals surface area contributed by atoms with Crippen molar-refractivity contribution >= 4 is 54.3 Å². The minimum absolute atomic E-state index is 0.0573. The van der Waals surface area contributed by atoms with E-state index in [9.17, 15) is 31.5 Å². The number of sulfonamides is 2. The zero-order valence-electron chi connectivity index (χ0n) is 24.3. The number of nitrogens with zero attached hydrogens (tertiary/aromatic N) is 1. The molecule has 11 nitrogen and oxygen atoms in total. The van der Waals surface area contributed by atoms with Crippen molar-refractivity contribution in [3.05, 3.63) is 78.1 Å². The number of carboxylic acids is 1. The number of aryl methyl sites for hydroxylation is 1. The third-order valence-corrected chi connectivity index (χ3v) is 10.3. The molecule has 1 aromatic heterocycles. The van der Waals surface area contributed by atoms with Crippen LogP contribution < -0.4 is 14.3 Å². The van der Waals surface area contributed by atoms with Crippen LogP contribution in [0, 0.1) is 12.8 Å². The Morgan fingerprint density at radius 2 is 1.51 bits per heavy atom. The summed E-state index contributed by atoms with van der Waals surface area (Å²) >= 11 is 0.